The van der Waals surface area contributed by atoms with E-state index in [1.54, 1.807) is 0 Å². The van der Waals surface area contributed by atoms with Crippen molar-refractivity contribution in [1.29, 1.82) is 0 Å². The fraction of sp³-hybridized carbons (Fsp3) is 0.533. The van der Waals surface area contributed by atoms with Gasteiger partial charge in [-0.15, -0.1) is 0 Å². The molecule has 3 nitrogen and oxygen atoms in total. The number of likely N-dealkylation sites (tertiary alicyclic amines) is 1. The zero-order chi connectivity index (χ0) is 13.1. The van der Waals surface area contributed by atoms with Crippen LogP contribution in [0.1, 0.15) is 24.0 Å². The molecule has 1 saturated heterocycles. The van der Waals surface area contributed by atoms with Crippen molar-refractivity contribution in [1.82, 2.24) is 4.90 Å². The first-order valence-corrected chi connectivity index (χ1v) is 6.64. The monoisotopic (exact) mass is 246 g/mol. The number of hydrogen-bond donors (Lipinski definition) is 0. The summed E-state index contributed by atoms with van der Waals surface area (Å²) in [6.45, 7) is 6.78. The standard InChI is InChI=1S/C15H22N2O/c1-12-7-6-8-13(2)15(12)16(3)14(18)11-17-9-4-5-10-17/h6-8H,4-5,9-11H2,1-3H3. The Labute approximate surface area is 109 Å². The van der Waals surface area contributed by atoms with Gasteiger partial charge >= 0.3 is 0 Å². The molecule has 3 heteroatoms. The summed E-state index contributed by atoms with van der Waals surface area (Å²) >= 11 is 0. The Bertz CT molecular complexity index is 416. The van der Waals surface area contributed by atoms with E-state index < -0.39 is 0 Å². The second kappa shape index (κ2) is 5.53. The van der Waals surface area contributed by atoms with E-state index in [0.717, 1.165) is 29.9 Å². The number of nitrogens with zero attached hydrogens (tertiary/aromatic N) is 2. The van der Waals surface area contributed by atoms with Crippen LogP contribution in [0.3, 0.4) is 0 Å². The molecule has 1 fully saturated rings. The van der Waals surface area contributed by atoms with Gasteiger partial charge in [0.15, 0.2) is 0 Å². The van der Waals surface area contributed by atoms with E-state index in [1.807, 2.05) is 18.0 Å². The van der Waals surface area contributed by atoms with Crippen molar-refractivity contribution in [3.63, 3.8) is 0 Å². The summed E-state index contributed by atoms with van der Waals surface area (Å²) in [7, 11) is 1.88. The molecule has 0 saturated carbocycles. The second-order valence-corrected chi connectivity index (χ2v) is 5.18. The number of benzene rings is 1. The van der Waals surface area contributed by atoms with Gasteiger partial charge in [-0.25, -0.2) is 0 Å². The van der Waals surface area contributed by atoms with E-state index >= 15 is 0 Å². The van der Waals surface area contributed by atoms with Crippen molar-refractivity contribution in [2.24, 2.45) is 0 Å². The van der Waals surface area contributed by atoms with Crippen LogP contribution in [0.25, 0.3) is 0 Å². The van der Waals surface area contributed by atoms with Crippen LogP contribution in [-0.2, 0) is 4.79 Å². The molecule has 1 heterocycles. The molecule has 2 rings (SSSR count). The number of anilines is 1. The van der Waals surface area contributed by atoms with Crippen molar-refractivity contribution in [3.8, 4) is 0 Å². The third-order valence-corrected chi connectivity index (χ3v) is 3.71. The minimum atomic E-state index is 0.189. The maximum atomic E-state index is 12.3. The highest BCUT2D eigenvalue weighted by Gasteiger charge is 2.20. The van der Waals surface area contributed by atoms with Crippen LogP contribution in [0.4, 0.5) is 5.69 Å². The number of aryl methyl sites for hydroxylation is 2. The van der Waals surface area contributed by atoms with Crippen LogP contribution in [0, 0.1) is 13.8 Å². The van der Waals surface area contributed by atoms with E-state index in [4.69, 9.17) is 0 Å². The zero-order valence-corrected chi connectivity index (χ0v) is 11.6. The Balaban J connectivity index is 2.10. The number of rotatable bonds is 3. The average molecular weight is 246 g/mol. The zero-order valence-electron chi connectivity index (χ0n) is 11.6. The van der Waals surface area contributed by atoms with Gasteiger partial charge in [0.25, 0.3) is 0 Å². The summed E-state index contributed by atoms with van der Waals surface area (Å²) in [6.07, 6.45) is 2.45. The molecule has 0 bridgehead atoms. The number of para-hydroxylation sites is 1. The van der Waals surface area contributed by atoms with Crippen LogP contribution in [-0.4, -0.2) is 37.5 Å². The van der Waals surface area contributed by atoms with Gasteiger partial charge in [-0.1, -0.05) is 18.2 Å². The van der Waals surface area contributed by atoms with Crippen molar-refractivity contribution in [2.45, 2.75) is 26.7 Å². The molecule has 1 aromatic carbocycles. The lowest BCUT2D eigenvalue weighted by atomic mass is 10.1. The molecule has 0 unspecified atom stereocenters. The van der Waals surface area contributed by atoms with Gasteiger partial charge in [0.1, 0.15) is 0 Å². The lowest BCUT2D eigenvalue weighted by Gasteiger charge is -2.24. The van der Waals surface area contributed by atoms with Crippen LogP contribution in [0.15, 0.2) is 18.2 Å². The van der Waals surface area contributed by atoms with Crippen molar-refractivity contribution in [3.05, 3.63) is 29.3 Å². The molecule has 0 spiro atoms. The number of carbonyl (C=O) groups excluding carboxylic acids is 1. The Morgan fingerprint density at radius 3 is 2.33 bits per heavy atom. The smallest absolute Gasteiger partial charge is 0.240 e. The van der Waals surface area contributed by atoms with Crippen molar-refractivity contribution < 1.29 is 4.79 Å². The van der Waals surface area contributed by atoms with Gasteiger partial charge in [0.2, 0.25) is 5.91 Å². The van der Waals surface area contributed by atoms with Gasteiger partial charge in [-0.2, -0.15) is 0 Å². The largest absolute Gasteiger partial charge is 0.314 e. The van der Waals surface area contributed by atoms with E-state index in [-0.39, 0.29) is 5.91 Å². The number of carbonyl (C=O) groups is 1. The summed E-state index contributed by atoms with van der Waals surface area (Å²) in [4.78, 5) is 16.3. The summed E-state index contributed by atoms with van der Waals surface area (Å²) in [5.41, 5.74) is 3.38. The fourth-order valence-electron chi connectivity index (χ4n) is 2.70. The third-order valence-electron chi connectivity index (χ3n) is 3.71. The fourth-order valence-corrected chi connectivity index (χ4v) is 2.70. The SMILES string of the molecule is Cc1cccc(C)c1N(C)C(=O)CN1CCCC1. The summed E-state index contributed by atoms with van der Waals surface area (Å²) in [6, 6.07) is 6.15. The van der Waals surface area contributed by atoms with Gasteiger partial charge in [-0.3, -0.25) is 9.69 Å². The van der Waals surface area contributed by atoms with Crippen LogP contribution in [0.5, 0.6) is 0 Å². The molecule has 98 valence electrons. The van der Waals surface area contributed by atoms with Crippen LogP contribution >= 0.6 is 0 Å². The van der Waals surface area contributed by atoms with Gasteiger partial charge < -0.3 is 4.90 Å². The van der Waals surface area contributed by atoms with Crippen LogP contribution < -0.4 is 4.90 Å². The lowest BCUT2D eigenvalue weighted by molar-refractivity contribution is -0.119. The first-order chi connectivity index (χ1) is 8.59. The first-order valence-electron chi connectivity index (χ1n) is 6.64. The van der Waals surface area contributed by atoms with E-state index in [0.29, 0.717) is 6.54 Å². The predicted octanol–water partition coefficient (Wildman–Crippen LogP) is 2.36. The maximum Gasteiger partial charge on any atom is 0.240 e. The quantitative estimate of drug-likeness (QED) is 0.817. The van der Waals surface area contributed by atoms with Crippen molar-refractivity contribution >= 4 is 11.6 Å². The Morgan fingerprint density at radius 1 is 1.22 bits per heavy atom. The highest BCUT2D eigenvalue weighted by Crippen LogP contribution is 2.23. The molecule has 0 N–H and O–H groups in total. The summed E-state index contributed by atoms with van der Waals surface area (Å²) < 4.78 is 0. The molecule has 1 amide bonds. The summed E-state index contributed by atoms with van der Waals surface area (Å²) in [5, 5.41) is 0. The minimum absolute atomic E-state index is 0.189. The highest BCUT2D eigenvalue weighted by molar-refractivity contribution is 5.95. The van der Waals surface area contributed by atoms with E-state index in [9.17, 15) is 4.79 Å². The molecule has 1 aliphatic rings. The highest BCUT2D eigenvalue weighted by atomic mass is 16.2. The molecular formula is C15H22N2O. The predicted molar refractivity (Wildman–Crippen MR) is 75.0 cm³/mol. The lowest BCUT2D eigenvalue weighted by Crippen LogP contribution is -2.37. The molecule has 0 aliphatic carbocycles. The molecular weight excluding hydrogens is 224 g/mol. The molecule has 18 heavy (non-hydrogen) atoms. The Morgan fingerprint density at radius 2 is 1.78 bits per heavy atom. The topological polar surface area (TPSA) is 23.6 Å². The number of amides is 1. The first kappa shape index (κ1) is 13.1. The normalized spacial score (nSPS) is 15.9. The number of hydrogen-bond acceptors (Lipinski definition) is 2. The Kier molecular flexibility index (Phi) is 4.02. The van der Waals surface area contributed by atoms with Gasteiger partial charge in [0.05, 0.1) is 6.54 Å². The molecule has 0 aromatic heterocycles. The second-order valence-electron chi connectivity index (χ2n) is 5.18. The molecule has 0 atom stereocenters. The van der Waals surface area contributed by atoms with Gasteiger partial charge in [0, 0.05) is 12.7 Å². The Hall–Kier alpha value is -1.35. The molecule has 1 aliphatic heterocycles. The maximum absolute atomic E-state index is 12.3. The van der Waals surface area contributed by atoms with E-state index in [1.165, 1.54) is 12.8 Å². The minimum Gasteiger partial charge on any atom is -0.314 e. The summed E-state index contributed by atoms with van der Waals surface area (Å²) in [5.74, 6) is 0.189. The molecule has 0 radical (unpaired) electrons. The van der Waals surface area contributed by atoms with Crippen LogP contribution in [0.2, 0.25) is 0 Å². The molecule has 1 aromatic rings. The number of likely N-dealkylation sites (N-methyl/N-ethyl adjacent to an activating group) is 1. The third kappa shape index (κ3) is 2.72. The van der Waals surface area contributed by atoms with E-state index in [2.05, 4.69) is 30.9 Å². The van der Waals surface area contributed by atoms with Crippen molar-refractivity contribution in [2.75, 3.05) is 31.6 Å². The average Bonchev–Trinajstić information content (AvgIpc) is 2.81. The van der Waals surface area contributed by atoms with Gasteiger partial charge in [-0.05, 0) is 50.9 Å².